The van der Waals surface area contributed by atoms with E-state index in [9.17, 15) is 28.8 Å². The molecule has 3 aromatic carbocycles. The summed E-state index contributed by atoms with van der Waals surface area (Å²) in [6.07, 6.45) is 2.69. The molecular weight excluding hydrogens is 697 g/mol. The Kier molecular flexibility index (Phi) is 13.9. The van der Waals surface area contributed by atoms with Gasteiger partial charge in [-0.25, -0.2) is 0 Å². The highest BCUT2D eigenvalue weighted by Gasteiger charge is 2.39. The monoisotopic (exact) mass is 750 g/mol. The van der Waals surface area contributed by atoms with E-state index in [1.807, 2.05) is 58.0 Å². The Morgan fingerprint density at radius 1 is 0.745 bits per heavy atom. The van der Waals surface area contributed by atoms with Crippen molar-refractivity contribution in [3.8, 4) is 0 Å². The standard InChI is InChI=1S/C43H54N6O6/c1-26(2)23-32(44)40(52)47-34(25-28-13-6-5-7-14-28)41(53)48-35(24-27(3)4)43(55)49-22-11-19-36(49)42(54)46-21-12-20-45-33-18-10-17-31-37(33)39(51)30-16-9-8-15-29(30)38(31)50/h5-10,13-18,26-27,32,34-36,45H,11-12,19-25,44H2,1-4H3,(H,46,54)(H,47,52)(H,48,53)/t32-,34-,35-,36-/m0/s1. The zero-order valence-corrected chi connectivity index (χ0v) is 32.2. The van der Waals surface area contributed by atoms with Gasteiger partial charge in [0, 0.05) is 48.4 Å². The molecule has 12 heteroatoms. The van der Waals surface area contributed by atoms with E-state index in [1.54, 1.807) is 47.4 Å². The number of carbonyl (C=O) groups excluding carboxylic acids is 6. The lowest BCUT2D eigenvalue weighted by atomic mass is 9.83. The third-order valence-corrected chi connectivity index (χ3v) is 10.1. The first kappa shape index (κ1) is 40.8. The number of rotatable bonds is 17. The predicted octanol–water partition coefficient (Wildman–Crippen LogP) is 4.00. The van der Waals surface area contributed by atoms with Crippen LogP contribution in [0.2, 0.25) is 0 Å². The van der Waals surface area contributed by atoms with Crippen LogP contribution in [0.1, 0.15) is 97.2 Å². The first-order valence-corrected chi connectivity index (χ1v) is 19.4. The lowest BCUT2D eigenvalue weighted by molar-refractivity contribution is -0.142. The van der Waals surface area contributed by atoms with Gasteiger partial charge in [-0.15, -0.1) is 0 Å². The highest BCUT2D eigenvalue weighted by atomic mass is 16.2. The maximum Gasteiger partial charge on any atom is 0.245 e. The Morgan fingerprint density at radius 3 is 2.07 bits per heavy atom. The van der Waals surface area contributed by atoms with Gasteiger partial charge >= 0.3 is 0 Å². The van der Waals surface area contributed by atoms with Crippen molar-refractivity contribution in [2.75, 3.05) is 25.0 Å². The number of anilines is 1. The van der Waals surface area contributed by atoms with Gasteiger partial charge in [-0.05, 0) is 55.6 Å². The van der Waals surface area contributed by atoms with Crippen LogP contribution in [0.4, 0.5) is 5.69 Å². The van der Waals surface area contributed by atoms with Gasteiger partial charge in [0.2, 0.25) is 23.6 Å². The maximum absolute atomic E-state index is 14.1. The molecule has 0 aromatic heterocycles. The fraction of sp³-hybridized carbons (Fsp3) is 0.442. The molecule has 292 valence electrons. The van der Waals surface area contributed by atoms with Crippen LogP contribution >= 0.6 is 0 Å². The third-order valence-electron chi connectivity index (χ3n) is 10.1. The number of hydrogen-bond acceptors (Lipinski definition) is 8. The van der Waals surface area contributed by atoms with Crippen LogP contribution in [-0.2, 0) is 25.6 Å². The van der Waals surface area contributed by atoms with Crippen LogP contribution in [0.15, 0.2) is 72.8 Å². The second-order valence-electron chi connectivity index (χ2n) is 15.4. The number of nitrogens with two attached hydrogens (primary N) is 1. The van der Waals surface area contributed by atoms with Crippen LogP contribution in [0.5, 0.6) is 0 Å². The van der Waals surface area contributed by atoms with E-state index < -0.39 is 36.0 Å². The summed E-state index contributed by atoms with van der Waals surface area (Å²) in [5, 5.41) is 12.0. The van der Waals surface area contributed by atoms with Gasteiger partial charge in [0.25, 0.3) is 0 Å². The minimum atomic E-state index is -0.960. The van der Waals surface area contributed by atoms with Gasteiger partial charge in [0.1, 0.15) is 18.1 Å². The van der Waals surface area contributed by atoms with Crippen molar-refractivity contribution >= 4 is 40.9 Å². The number of likely N-dealkylation sites (tertiary alicyclic amines) is 1. The normalized spacial score (nSPS) is 16.6. The Labute approximate surface area is 323 Å². The first-order valence-electron chi connectivity index (χ1n) is 19.4. The van der Waals surface area contributed by atoms with Gasteiger partial charge in [-0.3, -0.25) is 28.8 Å². The number of nitrogens with zero attached hydrogens (tertiary/aromatic N) is 1. The lowest BCUT2D eigenvalue weighted by Gasteiger charge is -2.31. The van der Waals surface area contributed by atoms with Crippen molar-refractivity contribution in [2.45, 2.75) is 90.4 Å². The van der Waals surface area contributed by atoms with Gasteiger partial charge < -0.3 is 31.9 Å². The predicted molar refractivity (Wildman–Crippen MR) is 211 cm³/mol. The molecule has 0 bridgehead atoms. The average molecular weight is 751 g/mol. The molecule has 4 atom stereocenters. The zero-order chi connectivity index (χ0) is 39.6. The molecule has 1 fully saturated rings. The molecule has 1 aliphatic heterocycles. The van der Waals surface area contributed by atoms with Crippen LogP contribution < -0.4 is 27.0 Å². The van der Waals surface area contributed by atoms with Gasteiger partial charge in [0.15, 0.2) is 11.6 Å². The summed E-state index contributed by atoms with van der Waals surface area (Å²) in [6, 6.07) is 18.0. The average Bonchev–Trinajstić information content (AvgIpc) is 3.66. The fourth-order valence-electron chi connectivity index (χ4n) is 7.35. The Bertz CT molecular complexity index is 1880. The summed E-state index contributed by atoms with van der Waals surface area (Å²) >= 11 is 0. The van der Waals surface area contributed by atoms with E-state index in [1.165, 1.54) is 0 Å². The summed E-state index contributed by atoms with van der Waals surface area (Å²) in [7, 11) is 0. The molecule has 0 saturated carbocycles. The van der Waals surface area contributed by atoms with Crippen molar-refractivity contribution in [3.63, 3.8) is 0 Å². The number of amides is 4. The molecule has 0 unspecified atom stereocenters. The Balaban J connectivity index is 1.18. The highest BCUT2D eigenvalue weighted by Crippen LogP contribution is 2.32. The molecule has 0 radical (unpaired) electrons. The van der Waals surface area contributed by atoms with Crippen LogP contribution in [0, 0.1) is 11.8 Å². The Hall–Kier alpha value is -5.36. The van der Waals surface area contributed by atoms with Crippen LogP contribution in [-0.4, -0.2) is 83.9 Å². The molecule has 3 aromatic rings. The second-order valence-corrected chi connectivity index (χ2v) is 15.4. The second kappa shape index (κ2) is 18.8. The number of carbonyl (C=O) groups is 6. The molecular formula is C43H54N6O6. The number of hydrogen-bond donors (Lipinski definition) is 5. The summed E-state index contributed by atoms with van der Waals surface area (Å²) in [5.74, 6) is -1.68. The van der Waals surface area contributed by atoms with E-state index in [-0.39, 0.29) is 41.6 Å². The summed E-state index contributed by atoms with van der Waals surface area (Å²) in [4.78, 5) is 82.5. The van der Waals surface area contributed by atoms with Gasteiger partial charge in [0.05, 0.1) is 11.6 Å². The SMILES string of the molecule is CC(C)C[C@H](NC(=O)[C@H](Cc1ccccc1)NC(=O)[C@@H](N)CC(C)C)C(=O)N1CCC[C@H]1C(=O)NCCCNc1cccc2c1C(=O)c1ccccc1C2=O. The smallest absolute Gasteiger partial charge is 0.245 e. The lowest BCUT2D eigenvalue weighted by Crippen LogP contribution is -2.58. The molecule has 12 nitrogen and oxygen atoms in total. The highest BCUT2D eigenvalue weighted by molar-refractivity contribution is 6.30. The first-order chi connectivity index (χ1) is 26.3. The molecule has 6 N–H and O–H groups in total. The van der Waals surface area contributed by atoms with Crippen LogP contribution in [0.3, 0.4) is 0 Å². The summed E-state index contributed by atoms with van der Waals surface area (Å²) in [5.41, 5.74) is 9.06. The summed E-state index contributed by atoms with van der Waals surface area (Å²) < 4.78 is 0. The van der Waals surface area contributed by atoms with E-state index in [0.29, 0.717) is 79.7 Å². The van der Waals surface area contributed by atoms with Crippen molar-refractivity contribution in [2.24, 2.45) is 17.6 Å². The minimum absolute atomic E-state index is 0.0524. The Morgan fingerprint density at radius 2 is 1.38 bits per heavy atom. The molecule has 2 aliphatic rings. The molecule has 55 heavy (non-hydrogen) atoms. The maximum atomic E-state index is 14.1. The molecule has 1 aliphatic carbocycles. The zero-order valence-electron chi connectivity index (χ0n) is 32.2. The van der Waals surface area contributed by atoms with E-state index in [0.717, 1.165) is 5.56 Å². The molecule has 0 spiro atoms. The van der Waals surface area contributed by atoms with Crippen molar-refractivity contribution < 1.29 is 28.8 Å². The van der Waals surface area contributed by atoms with E-state index in [2.05, 4.69) is 21.3 Å². The number of benzene rings is 3. The largest absolute Gasteiger partial charge is 0.384 e. The number of fused-ring (bicyclic) bond motifs is 2. The van der Waals surface area contributed by atoms with Gasteiger partial charge in [-0.1, -0.05) is 94.4 Å². The van der Waals surface area contributed by atoms with Crippen molar-refractivity contribution in [3.05, 3.63) is 101 Å². The van der Waals surface area contributed by atoms with Crippen molar-refractivity contribution in [1.82, 2.24) is 20.9 Å². The van der Waals surface area contributed by atoms with Gasteiger partial charge in [-0.2, -0.15) is 0 Å². The van der Waals surface area contributed by atoms with Crippen LogP contribution in [0.25, 0.3) is 0 Å². The van der Waals surface area contributed by atoms with E-state index >= 15 is 0 Å². The topological polar surface area (TPSA) is 180 Å². The van der Waals surface area contributed by atoms with E-state index in [4.69, 9.17) is 5.73 Å². The third kappa shape index (κ3) is 10.2. The molecule has 5 rings (SSSR count). The quantitative estimate of drug-likeness (QED) is 0.101. The molecule has 1 heterocycles. The fourth-order valence-corrected chi connectivity index (χ4v) is 7.35. The minimum Gasteiger partial charge on any atom is -0.384 e. The van der Waals surface area contributed by atoms with Crippen molar-refractivity contribution in [1.29, 1.82) is 0 Å². The number of ketones is 2. The molecule has 4 amide bonds. The summed E-state index contributed by atoms with van der Waals surface area (Å²) in [6.45, 7) is 8.99. The molecule has 1 saturated heterocycles. The number of nitrogens with one attached hydrogen (secondary N) is 4.